The molecule has 2 rings (SSSR count). The Morgan fingerprint density at radius 2 is 2.18 bits per heavy atom. The van der Waals surface area contributed by atoms with Gasteiger partial charge in [-0.05, 0) is 19.1 Å². The molecular formula is C13H15N3O. The number of nitrogens with zero attached hydrogens (tertiary/aromatic N) is 3. The topological polar surface area (TPSA) is 37.6 Å². The van der Waals surface area contributed by atoms with Crippen LogP contribution in [0.15, 0.2) is 36.7 Å². The van der Waals surface area contributed by atoms with E-state index in [1.165, 1.54) is 0 Å². The lowest BCUT2D eigenvalue weighted by Crippen LogP contribution is -2.03. The van der Waals surface area contributed by atoms with Crippen LogP contribution in [0.2, 0.25) is 0 Å². The summed E-state index contributed by atoms with van der Waals surface area (Å²) in [7, 11) is 3.76. The van der Waals surface area contributed by atoms with Crippen molar-refractivity contribution in [2.24, 2.45) is 0 Å². The highest BCUT2D eigenvalue weighted by Crippen LogP contribution is 2.16. The Bertz CT molecular complexity index is 581. The Kier molecular flexibility index (Phi) is 2.95. The molecule has 0 aliphatic carbocycles. The monoisotopic (exact) mass is 229 g/mol. The van der Waals surface area contributed by atoms with Crippen LogP contribution in [-0.4, -0.2) is 34.4 Å². The summed E-state index contributed by atoms with van der Waals surface area (Å²) in [6.07, 6.45) is 5.15. The Morgan fingerprint density at radius 1 is 1.41 bits per heavy atom. The molecule has 0 fully saturated rings. The van der Waals surface area contributed by atoms with Gasteiger partial charge < -0.3 is 4.90 Å². The molecule has 0 N–H and O–H groups in total. The van der Waals surface area contributed by atoms with Crippen LogP contribution in [0.25, 0.3) is 5.52 Å². The lowest BCUT2D eigenvalue weighted by Gasteiger charge is -2.02. The maximum atomic E-state index is 12.1. The van der Waals surface area contributed by atoms with Crippen molar-refractivity contribution < 1.29 is 4.79 Å². The second kappa shape index (κ2) is 4.41. The number of rotatable bonds is 3. The van der Waals surface area contributed by atoms with Crippen molar-refractivity contribution in [2.75, 3.05) is 14.1 Å². The summed E-state index contributed by atoms with van der Waals surface area (Å²) in [5.41, 5.74) is 2.27. The highest BCUT2D eigenvalue weighted by Gasteiger charge is 2.14. The summed E-state index contributed by atoms with van der Waals surface area (Å²) in [5, 5.41) is 4.31. The van der Waals surface area contributed by atoms with Crippen LogP contribution in [0.4, 0.5) is 0 Å². The molecule has 0 amide bonds. The van der Waals surface area contributed by atoms with Crippen molar-refractivity contribution in [2.45, 2.75) is 6.92 Å². The summed E-state index contributed by atoms with van der Waals surface area (Å²) < 4.78 is 1.73. The maximum Gasteiger partial charge on any atom is 0.191 e. The van der Waals surface area contributed by atoms with Crippen LogP contribution < -0.4 is 0 Å². The molecule has 0 unspecified atom stereocenters. The predicted molar refractivity (Wildman–Crippen MR) is 67.1 cm³/mol. The number of allylic oxidation sites excluding steroid dienone is 1. The molecule has 2 aromatic rings. The number of carbonyl (C=O) groups is 1. The van der Waals surface area contributed by atoms with E-state index in [9.17, 15) is 4.79 Å². The quantitative estimate of drug-likeness (QED) is 0.596. The first-order chi connectivity index (χ1) is 8.09. The summed E-state index contributed by atoms with van der Waals surface area (Å²) in [5.74, 6) is -0.0163. The highest BCUT2D eigenvalue weighted by atomic mass is 16.1. The van der Waals surface area contributed by atoms with Crippen molar-refractivity contribution in [1.29, 1.82) is 0 Å². The minimum atomic E-state index is -0.0163. The standard InChI is InChI=1S/C13H15N3O/c1-10-13(12(17)7-9-15(2)3)11-6-4-5-8-16(11)14-10/h4-9H,1-3H3. The van der Waals surface area contributed by atoms with Gasteiger partial charge in [-0.1, -0.05) is 6.07 Å². The minimum Gasteiger partial charge on any atom is -0.383 e. The van der Waals surface area contributed by atoms with Gasteiger partial charge in [0.25, 0.3) is 0 Å². The molecule has 0 atom stereocenters. The first-order valence-electron chi connectivity index (χ1n) is 5.42. The molecule has 0 saturated heterocycles. The number of ketones is 1. The van der Waals surface area contributed by atoms with Crippen LogP contribution in [0.1, 0.15) is 16.1 Å². The number of carbonyl (C=O) groups excluding carboxylic acids is 1. The summed E-state index contributed by atoms with van der Waals surface area (Å²) in [6.45, 7) is 1.85. The first kappa shape index (κ1) is 11.4. The molecule has 17 heavy (non-hydrogen) atoms. The molecule has 0 spiro atoms. The smallest absolute Gasteiger partial charge is 0.191 e. The molecule has 0 aliphatic heterocycles. The van der Waals surface area contributed by atoms with Crippen molar-refractivity contribution in [3.05, 3.63) is 47.9 Å². The number of fused-ring (bicyclic) bond motifs is 1. The van der Waals surface area contributed by atoms with Gasteiger partial charge in [-0.15, -0.1) is 0 Å². The van der Waals surface area contributed by atoms with Crippen molar-refractivity contribution >= 4 is 11.3 Å². The molecule has 0 radical (unpaired) electrons. The van der Waals surface area contributed by atoms with E-state index < -0.39 is 0 Å². The summed E-state index contributed by atoms with van der Waals surface area (Å²) in [4.78, 5) is 13.9. The molecule has 2 heterocycles. The van der Waals surface area contributed by atoms with Gasteiger partial charge >= 0.3 is 0 Å². The number of hydrogen-bond donors (Lipinski definition) is 0. The van der Waals surface area contributed by atoms with Crippen LogP contribution in [-0.2, 0) is 0 Å². The summed E-state index contributed by atoms with van der Waals surface area (Å²) in [6, 6.07) is 5.70. The molecule has 0 aliphatic rings. The normalized spacial score (nSPS) is 11.2. The number of hydrogen-bond acceptors (Lipinski definition) is 3. The number of pyridine rings is 1. The molecule has 88 valence electrons. The molecule has 2 aromatic heterocycles. The van der Waals surface area contributed by atoms with Gasteiger partial charge in [-0.3, -0.25) is 4.79 Å². The maximum absolute atomic E-state index is 12.1. The number of aromatic nitrogens is 2. The molecule has 4 nitrogen and oxygen atoms in total. The van der Waals surface area contributed by atoms with Crippen LogP contribution >= 0.6 is 0 Å². The average molecular weight is 229 g/mol. The number of aryl methyl sites for hydroxylation is 1. The van der Waals surface area contributed by atoms with E-state index in [1.807, 2.05) is 50.3 Å². The van der Waals surface area contributed by atoms with E-state index >= 15 is 0 Å². The van der Waals surface area contributed by atoms with Gasteiger partial charge in [0.1, 0.15) is 0 Å². The van der Waals surface area contributed by atoms with E-state index in [4.69, 9.17) is 0 Å². The zero-order valence-corrected chi connectivity index (χ0v) is 10.2. The zero-order valence-electron chi connectivity index (χ0n) is 10.2. The predicted octanol–water partition coefficient (Wildman–Crippen LogP) is 1.90. The third-order valence-electron chi connectivity index (χ3n) is 2.49. The van der Waals surface area contributed by atoms with Gasteiger partial charge in [0.05, 0.1) is 16.8 Å². The van der Waals surface area contributed by atoms with Gasteiger partial charge in [-0.25, -0.2) is 4.52 Å². The minimum absolute atomic E-state index is 0.0163. The summed E-state index contributed by atoms with van der Waals surface area (Å²) >= 11 is 0. The Balaban J connectivity index is 2.48. The SMILES string of the molecule is Cc1nn2ccccc2c1C(=O)C=CN(C)C. The van der Waals surface area contributed by atoms with Gasteiger partial charge in [0.2, 0.25) is 0 Å². The van der Waals surface area contributed by atoms with Crippen LogP contribution in [0.5, 0.6) is 0 Å². The largest absolute Gasteiger partial charge is 0.383 e. The molecular weight excluding hydrogens is 214 g/mol. The van der Waals surface area contributed by atoms with Gasteiger partial charge in [-0.2, -0.15) is 5.10 Å². The molecule has 0 saturated carbocycles. The van der Waals surface area contributed by atoms with E-state index in [0.29, 0.717) is 5.56 Å². The van der Waals surface area contributed by atoms with E-state index in [2.05, 4.69) is 5.10 Å². The third-order valence-corrected chi connectivity index (χ3v) is 2.49. The lowest BCUT2D eigenvalue weighted by atomic mass is 10.1. The molecule has 0 aromatic carbocycles. The average Bonchev–Trinajstić information content (AvgIpc) is 2.61. The Hall–Kier alpha value is -2.10. The van der Waals surface area contributed by atoms with Crippen molar-refractivity contribution in [3.63, 3.8) is 0 Å². The van der Waals surface area contributed by atoms with Crippen LogP contribution in [0, 0.1) is 6.92 Å². The molecule has 4 heteroatoms. The third kappa shape index (κ3) is 2.20. The molecule has 0 bridgehead atoms. The fraction of sp³-hybridized carbons (Fsp3) is 0.231. The Labute approximate surface area is 100 Å². The van der Waals surface area contributed by atoms with Gasteiger partial charge in [0, 0.05) is 32.6 Å². The van der Waals surface area contributed by atoms with Crippen molar-refractivity contribution in [1.82, 2.24) is 14.5 Å². The second-order valence-electron chi connectivity index (χ2n) is 4.13. The zero-order chi connectivity index (χ0) is 12.4. The fourth-order valence-corrected chi connectivity index (χ4v) is 1.72. The Morgan fingerprint density at radius 3 is 2.88 bits per heavy atom. The van der Waals surface area contributed by atoms with E-state index in [1.54, 1.807) is 16.8 Å². The lowest BCUT2D eigenvalue weighted by molar-refractivity contribution is 0.104. The fourth-order valence-electron chi connectivity index (χ4n) is 1.72. The van der Waals surface area contributed by atoms with Crippen LogP contribution in [0.3, 0.4) is 0 Å². The van der Waals surface area contributed by atoms with Gasteiger partial charge in [0.15, 0.2) is 5.78 Å². The van der Waals surface area contributed by atoms with Crippen molar-refractivity contribution in [3.8, 4) is 0 Å². The first-order valence-corrected chi connectivity index (χ1v) is 5.42. The second-order valence-corrected chi connectivity index (χ2v) is 4.13. The van der Waals surface area contributed by atoms with E-state index in [0.717, 1.165) is 11.2 Å². The highest BCUT2D eigenvalue weighted by molar-refractivity contribution is 6.10. The van der Waals surface area contributed by atoms with E-state index in [-0.39, 0.29) is 5.78 Å².